The van der Waals surface area contributed by atoms with Gasteiger partial charge in [0.2, 0.25) is 0 Å². The quantitative estimate of drug-likeness (QED) is 0.396. The van der Waals surface area contributed by atoms with Crippen LogP contribution in [0, 0.1) is 0 Å². The van der Waals surface area contributed by atoms with Crippen molar-refractivity contribution in [3.05, 3.63) is 23.8 Å². The van der Waals surface area contributed by atoms with Crippen LogP contribution in [-0.2, 0) is 11.3 Å². The Morgan fingerprint density at radius 3 is 2.75 bits per heavy atom. The number of methoxy groups -OCH3 is 2. The molecule has 0 aliphatic heterocycles. The van der Waals surface area contributed by atoms with E-state index in [0.717, 1.165) is 6.54 Å². The number of nitrogens with one attached hydrogen (secondary N) is 2. The number of aliphatic imine (C=N–C) groups is 1. The highest BCUT2D eigenvalue weighted by molar-refractivity contribution is 5.79. The predicted molar refractivity (Wildman–Crippen MR) is 79.4 cm³/mol. The molecule has 6 nitrogen and oxygen atoms in total. The summed E-state index contributed by atoms with van der Waals surface area (Å²) < 4.78 is 10.1. The molecule has 0 radical (unpaired) electrons. The van der Waals surface area contributed by atoms with Gasteiger partial charge in [0.25, 0.3) is 0 Å². The molecule has 112 valence electrons. The first-order chi connectivity index (χ1) is 9.72. The van der Waals surface area contributed by atoms with Crippen LogP contribution in [0.25, 0.3) is 0 Å². The first kappa shape index (κ1) is 16.1. The molecule has 0 amide bonds. The largest absolute Gasteiger partial charge is 0.504 e. The SMILES string of the molecule is CCNC(=NCc1cccc(OC)c1O)NCCOC. The van der Waals surface area contributed by atoms with Gasteiger partial charge in [-0.05, 0) is 13.0 Å². The van der Waals surface area contributed by atoms with Gasteiger partial charge in [0.1, 0.15) is 0 Å². The Bertz CT molecular complexity index is 436. The van der Waals surface area contributed by atoms with Crippen LogP contribution in [0.4, 0.5) is 0 Å². The second-order valence-corrected chi connectivity index (χ2v) is 4.08. The van der Waals surface area contributed by atoms with Crippen molar-refractivity contribution in [2.75, 3.05) is 33.9 Å². The van der Waals surface area contributed by atoms with Crippen molar-refractivity contribution in [2.45, 2.75) is 13.5 Å². The van der Waals surface area contributed by atoms with Crippen LogP contribution >= 0.6 is 0 Å². The average Bonchev–Trinajstić information content (AvgIpc) is 2.46. The molecule has 0 saturated carbocycles. The van der Waals surface area contributed by atoms with Crippen LogP contribution in [-0.4, -0.2) is 45.0 Å². The first-order valence-electron chi connectivity index (χ1n) is 6.58. The minimum atomic E-state index is 0.131. The molecule has 1 rings (SSSR count). The minimum Gasteiger partial charge on any atom is -0.504 e. The van der Waals surface area contributed by atoms with Crippen LogP contribution in [0.2, 0.25) is 0 Å². The van der Waals surface area contributed by atoms with E-state index in [4.69, 9.17) is 9.47 Å². The molecule has 0 fully saturated rings. The Balaban J connectivity index is 2.70. The van der Waals surface area contributed by atoms with E-state index in [2.05, 4.69) is 15.6 Å². The van der Waals surface area contributed by atoms with Gasteiger partial charge in [-0.15, -0.1) is 0 Å². The van der Waals surface area contributed by atoms with Gasteiger partial charge < -0.3 is 25.2 Å². The number of phenols is 1. The van der Waals surface area contributed by atoms with Crippen LogP contribution < -0.4 is 15.4 Å². The van der Waals surface area contributed by atoms with Crippen molar-refractivity contribution in [1.82, 2.24) is 10.6 Å². The Labute approximate surface area is 119 Å². The van der Waals surface area contributed by atoms with Gasteiger partial charge in [-0.1, -0.05) is 12.1 Å². The van der Waals surface area contributed by atoms with Crippen molar-refractivity contribution < 1.29 is 14.6 Å². The normalized spacial score (nSPS) is 11.2. The molecule has 0 saturated heterocycles. The third-order valence-corrected chi connectivity index (χ3v) is 2.65. The Morgan fingerprint density at radius 1 is 1.30 bits per heavy atom. The molecule has 0 atom stereocenters. The molecule has 0 heterocycles. The number of benzene rings is 1. The number of para-hydroxylation sites is 1. The van der Waals surface area contributed by atoms with E-state index in [1.807, 2.05) is 19.1 Å². The number of hydrogen-bond acceptors (Lipinski definition) is 4. The molecule has 6 heteroatoms. The molecule has 0 unspecified atom stereocenters. The summed E-state index contributed by atoms with van der Waals surface area (Å²) in [7, 11) is 3.18. The van der Waals surface area contributed by atoms with Gasteiger partial charge in [0.05, 0.1) is 20.3 Å². The summed E-state index contributed by atoms with van der Waals surface area (Å²) >= 11 is 0. The van der Waals surface area contributed by atoms with E-state index < -0.39 is 0 Å². The molecule has 0 aliphatic carbocycles. The Kier molecular flexibility index (Phi) is 7.27. The highest BCUT2D eigenvalue weighted by Crippen LogP contribution is 2.29. The Morgan fingerprint density at radius 2 is 2.10 bits per heavy atom. The number of aromatic hydroxyl groups is 1. The maximum Gasteiger partial charge on any atom is 0.191 e. The lowest BCUT2D eigenvalue weighted by Gasteiger charge is -2.11. The summed E-state index contributed by atoms with van der Waals surface area (Å²) in [6.07, 6.45) is 0. The van der Waals surface area contributed by atoms with Crippen LogP contribution in [0.1, 0.15) is 12.5 Å². The van der Waals surface area contributed by atoms with Crippen molar-refractivity contribution in [1.29, 1.82) is 0 Å². The van der Waals surface area contributed by atoms with Crippen LogP contribution in [0.3, 0.4) is 0 Å². The summed E-state index contributed by atoms with van der Waals surface area (Å²) in [5.74, 6) is 1.27. The zero-order valence-corrected chi connectivity index (χ0v) is 12.3. The fraction of sp³-hybridized carbons (Fsp3) is 0.500. The van der Waals surface area contributed by atoms with Gasteiger partial charge in [0.15, 0.2) is 17.5 Å². The molecular formula is C14H23N3O3. The topological polar surface area (TPSA) is 75.1 Å². The van der Waals surface area contributed by atoms with Gasteiger partial charge in [-0.2, -0.15) is 0 Å². The number of phenolic OH excluding ortho intramolecular Hbond substituents is 1. The van der Waals surface area contributed by atoms with Gasteiger partial charge in [-0.25, -0.2) is 4.99 Å². The number of hydrogen-bond donors (Lipinski definition) is 3. The summed E-state index contributed by atoms with van der Waals surface area (Å²) in [6.45, 7) is 4.41. The molecule has 0 spiro atoms. The van der Waals surface area contributed by atoms with Gasteiger partial charge in [0, 0.05) is 25.8 Å². The lowest BCUT2D eigenvalue weighted by Crippen LogP contribution is -2.38. The third kappa shape index (κ3) is 4.97. The van der Waals surface area contributed by atoms with Crippen molar-refractivity contribution in [3.63, 3.8) is 0 Å². The fourth-order valence-electron chi connectivity index (χ4n) is 1.64. The molecule has 0 aliphatic rings. The molecule has 1 aromatic rings. The van der Waals surface area contributed by atoms with Crippen molar-refractivity contribution >= 4 is 5.96 Å². The number of guanidine groups is 1. The highest BCUT2D eigenvalue weighted by Gasteiger charge is 2.06. The highest BCUT2D eigenvalue weighted by atomic mass is 16.5. The second-order valence-electron chi connectivity index (χ2n) is 4.08. The molecule has 3 N–H and O–H groups in total. The summed E-state index contributed by atoms with van der Waals surface area (Å²) in [5, 5.41) is 16.3. The standard InChI is InChI=1S/C14H23N3O3/c1-4-15-14(16-8-9-19-2)17-10-11-6-5-7-12(20-3)13(11)18/h5-7,18H,4,8-10H2,1-3H3,(H2,15,16,17). The number of nitrogens with zero attached hydrogens (tertiary/aromatic N) is 1. The van der Waals surface area contributed by atoms with Crippen molar-refractivity contribution in [2.24, 2.45) is 4.99 Å². The van der Waals surface area contributed by atoms with E-state index in [1.54, 1.807) is 13.2 Å². The summed E-state index contributed by atoms with van der Waals surface area (Å²) in [6, 6.07) is 5.36. The lowest BCUT2D eigenvalue weighted by atomic mass is 10.2. The molecule has 1 aromatic carbocycles. The molecule has 0 aromatic heterocycles. The third-order valence-electron chi connectivity index (χ3n) is 2.65. The van der Waals surface area contributed by atoms with Crippen LogP contribution in [0.5, 0.6) is 11.5 Å². The smallest absolute Gasteiger partial charge is 0.191 e. The average molecular weight is 281 g/mol. The molecule has 0 bridgehead atoms. The zero-order valence-electron chi connectivity index (χ0n) is 12.3. The monoisotopic (exact) mass is 281 g/mol. The van der Waals surface area contributed by atoms with E-state index in [1.165, 1.54) is 7.11 Å². The van der Waals surface area contributed by atoms with E-state index in [9.17, 15) is 5.11 Å². The van der Waals surface area contributed by atoms with E-state index in [-0.39, 0.29) is 5.75 Å². The summed E-state index contributed by atoms with van der Waals surface area (Å²) in [5.41, 5.74) is 0.716. The molecular weight excluding hydrogens is 258 g/mol. The molecule has 20 heavy (non-hydrogen) atoms. The maximum absolute atomic E-state index is 9.99. The first-order valence-corrected chi connectivity index (χ1v) is 6.58. The lowest BCUT2D eigenvalue weighted by molar-refractivity contribution is 0.203. The van der Waals surface area contributed by atoms with Gasteiger partial charge in [-0.3, -0.25) is 0 Å². The zero-order chi connectivity index (χ0) is 14.8. The van der Waals surface area contributed by atoms with Crippen LogP contribution in [0.15, 0.2) is 23.2 Å². The minimum absolute atomic E-state index is 0.131. The van der Waals surface area contributed by atoms with Gasteiger partial charge >= 0.3 is 0 Å². The summed E-state index contributed by atoms with van der Waals surface area (Å²) in [4.78, 5) is 4.42. The van der Waals surface area contributed by atoms with E-state index >= 15 is 0 Å². The predicted octanol–water partition coefficient (Wildman–Crippen LogP) is 1.10. The maximum atomic E-state index is 9.99. The van der Waals surface area contributed by atoms with Crippen molar-refractivity contribution in [3.8, 4) is 11.5 Å². The number of rotatable bonds is 7. The fourth-order valence-corrected chi connectivity index (χ4v) is 1.64. The van der Waals surface area contributed by atoms with E-state index in [0.29, 0.717) is 37.0 Å². The number of ether oxygens (including phenoxy) is 2. The second kappa shape index (κ2) is 9.03. The Hall–Kier alpha value is -1.95.